The fourth-order valence-corrected chi connectivity index (χ4v) is 2.18. The van der Waals surface area contributed by atoms with Crippen molar-refractivity contribution in [3.8, 4) is 0 Å². The van der Waals surface area contributed by atoms with E-state index in [1.165, 1.54) is 0 Å². The number of nitrogens with zero attached hydrogens (tertiary/aromatic N) is 3. The Labute approximate surface area is 128 Å². The Balaban J connectivity index is 1.85. The molecule has 3 aromatic rings. The van der Waals surface area contributed by atoms with Crippen molar-refractivity contribution in [1.82, 2.24) is 15.0 Å². The number of fused-ring (bicyclic) bond motifs is 1. The summed E-state index contributed by atoms with van der Waals surface area (Å²) in [6.45, 7) is 2.42. The number of anilines is 3. The van der Waals surface area contributed by atoms with Crippen molar-refractivity contribution in [2.75, 3.05) is 23.8 Å². The van der Waals surface area contributed by atoms with Crippen molar-refractivity contribution in [2.45, 2.75) is 6.92 Å². The van der Waals surface area contributed by atoms with Crippen LogP contribution in [-0.4, -0.2) is 33.2 Å². The van der Waals surface area contributed by atoms with Crippen molar-refractivity contribution in [3.05, 3.63) is 48.3 Å². The minimum Gasteiger partial charge on any atom is -0.395 e. The predicted molar refractivity (Wildman–Crippen MR) is 87.4 cm³/mol. The average molecular weight is 295 g/mol. The molecule has 6 heteroatoms. The van der Waals surface area contributed by atoms with Crippen LogP contribution in [0.3, 0.4) is 0 Å². The van der Waals surface area contributed by atoms with E-state index < -0.39 is 0 Å². The number of aliphatic hydroxyl groups is 1. The second-order valence-corrected chi connectivity index (χ2v) is 4.90. The summed E-state index contributed by atoms with van der Waals surface area (Å²) in [6, 6.07) is 11.7. The molecule has 0 aliphatic heterocycles. The van der Waals surface area contributed by atoms with Crippen LogP contribution in [0.25, 0.3) is 10.9 Å². The van der Waals surface area contributed by atoms with Gasteiger partial charge in [0.2, 0.25) is 5.95 Å². The first kappa shape index (κ1) is 14.2. The minimum absolute atomic E-state index is 0.0590. The van der Waals surface area contributed by atoms with Crippen LogP contribution in [0.4, 0.5) is 17.5 Å². The summed E-state index contributed by atoms with van der Waals surface area (Å²) in [4.78, 5) is 13.1. The summed E-state index contributed by atoms with van der Waals surface area (Å²) < 4.78 is 0. The van der Waals surface area contributed by atoms with Gasteiger partial charge in [0, 0.05) is 35.6 Å². The fraction of sp³-hybridized carbons (Fsp3) is 0.188. The van der Waals surface area contributed by atoms with Gasteiger partial charge in [-0.05, 0) is 31.2 Å². The molecule has 0 spiro atoms. The molecule has 2 aromatic heterocycles. The maximum absolute atomic E-state index is 8.87. The van der Waals surface area contributed by atoms with Gasteiger partial charge in [0.25, 0.3) is 0 Å². The van der Waals surface area contributed by atoms with E-state index in [-0.39, 0.29) is 6.61 Å². The monoisotopic (exact) mass is 295 g/mol. The Morgan fingerprint density at radius 3 is 2.91 bits per heavy atom. The molecule has 3 N–H and O–H groups in total. The molecule has 0 aliphatic carbocycles. The van der Waals surface area contributed by atoms with Crippen LogP contribution in [0.5, 0.6) is 0 Å². The first-order valence-electron chi connectivity index (χ1n) is 7.07. The molecular formula is C16H17N5O. The lowest BCUT2D eigenvalue weighted by atomic mass is 10.2. The van der Waals surface area contributed by atoms with Crippen molar-refractivity contribution < 1.29 is 5.11 Å². The van der Waals surface area contributed by atoms with E-state index in [2.05, 4.69) is 25.6 Å². The van der Waals surface area contributed by atoms with Gasteiger partial charge in [0.15, 0.2) is 0 Å². The van der Waals surface area contributed by atoms with Crippen molar-refractivity contribution >= 4 is 28.4 Å². The highest BCUT2D eigenvalue weighted by Crippen LogP contribution is 2.20. The highest BCUT2D eigenvalue weighted by atomic mass is 16.3. The lowest BCUT2D eigenvalue weighted by Gasteiger charge is -2.09. The number of aryl methyl sites for hydroxylation is 1. The predicted octanol–water partition coefficient (Wildman–Crippen LogP) is 2.48. The molecule has 0 bridgehead atoms. The first-order valence-corrected chi connectivity index (χ1v) is 7.07. The van der Waals surface area contributed by atoms with E-state index in [4.69, 9.17) is 5.11 Å². The van der Waals surface area contributed by atoms with Crippen molar-refractivity contribution in [2.24, 2.45) is 0 Å². The standard InChI is InChI=1S/C16H17N5O/c1-11-9-15(18-7-8-22)21-16(19-11)20-13-4-5-14-12(10-13)3-2-6-17-14/h2-6,9-10,22H,7-8H2,1H3,(H2,18,19,20,21). The fourth-order valence-electron chi connectivity index (χ4n) is 2.18. The van der Waals surface area contributed by atoms with Gasteiger partial charge >= 0.3 is 0 Å². The molecule has 0 saturated heterocycles. The molecule has 0 fully saturated rings. The summed E-state index contributed by atoms with van der Waals surface area (Å²) in [5.74, 6) is 1.20. The second kappa shape index (κ2) is 6.36. The van der Waals surface area contributed by atoms with Gasteiger partial charge in [0.05, 0.1) is 12.1 Å². The number of benzene rings is 1. The van der Waals surface area contributed by atoms with Gasteiger partial charge in [-0.1, -0.05) is 6.07 Å². The minimum atomic E-state index is 0.0590. The Hall–Kier alpha value is -2.73. The Morgan fingerprint density at radius 1 is 1.14 bits per heavy atom. The molecule has 2 heterocycles. The van der Waals surface area contributed by atoms with Gasteiger partial charge in [-0.25, -0.2) is 4.98 Å². The van der Waals surface area contributed by atoms with E-state index >= 15 is 0 Å². The molecule has 0 saturated carbocycles. The molecular weight excluding hydrogens is 278 g/mol. The van der Waals surface area contributed by atoms with Crippen molar-refractivity contribution in [3.63, 3.8) is 0 Å². The third-order valence-electron chi connectivity index (χ3n) is 3.13. The molecule has 0 radical (unpaired) electrons. The molecule has 3 rings (SSSR count). The quantitative estimate of drug-likeness (QED) is 0.671. The van der Waals surface area contributed by atoms with E-state index in [1.54, 1.807) is 6.20 Å². The molecule has 22 heavy (non-hydrogen) atoms. The molecule has 1 aromatic carbocycles. The summed E-state index contributed by atoms with van der Waals surface area (Å²) in [7, 11) is 0. The zero-order valence-electron chi connectivity index (χ0n) is 12.2. The van der Waals surface area contributed by atoms with Crippen LogP contribution in [0.1, 0.15) is 5.69 Å². The van der Waals surface area contributed by atoms with Crippen LogP contribution in [-0.2, 0) is 0 Å². The maximum atomic E-state index is 8.87. The third-order valence-corrected chi connectivity index (χ3v) is 3.13. The third kappa shape index (κ3) is 3.29. The molecule has 0 amide bonds. The van der Waals surface area contributed by atoms with Crippen LogP contribution in [0, 0.1) is 6.92 Å². The lowest BCUT2D eigenvalue weighted by Crippen LogP contribution is -2.09. The van der Waals surface area contributed by atoms with Crippen LogP contribution in [0.2, 0.25) is 0 Å². The number of rotatable bonds is 5. The normalized spacial score (nSPS) is 10.6. The van der Waals surface area contributed by atoms with E-state index in [0.717, 1.165) is 22.3 Å². The van der Waals surface area contributed by atoms with Crippen LogP contribution >= 0.6 is 0 Å². The smallest absolute Gasteiger partial charge is 0.229 e. The van der Waals surface area contributed by atoms with Crippen LogP contribution in [0.15, 0.2) is 42.6 Å². The van der Waals surface area contributed by atoms with Gasteiger partial charge in [-0.15, -0.1) is 0 Å². The maximum Gasteiger partial charge on any atom is 0.229 e. The number of aliphatic hydroxyl groups excluding tert-OH is 1. The van der Waals surface area contributed by atoms with Gasteiger partial charge < -0.3 is 15.7 Å². The summed E-state index contributed by atoms with van der Waals surface area (Å²) in [5, 5.41) is 16.2. The Bertz CT molecular complexity index is 790. The molecule has 0 aliphatic rings. The highest BCUT2D eigenvalue weighted by molar-refractivity contribution is 5.82. The number of pyridine rings is 1. The molecule has 6 nitrogen and oxygen atoms in total. The largest absolute Gasteiger partial charge is 0.395 e. The average Bonchev–Trinajstić information content (AvgIpc) is 2.52. The number of hydrogen-bond donors (Lipinski definition) is 3. The first-order chi connectivity index (χ1) is 10.7. The number of hydrogen-bond acceptors (Lipinski definition) is 6. The second-order valence-electron chi connectivity index (χ2n) is 4.90. The topological polar surface area (TPSA) is 83.0 Å². The Kier molecular flexibility index (Phi) is 4.11. The molecule has 0 unspecified atom stereocenters. The van der Waals surface area contributed by atoms with Gasteiger partial charge in [0.1, 0.15) is 5.82 Å². The van der Waals surface area contributed by atoms with Gasteiger partial charge in [-0.2, -0.15) is 4.98 Å². The highest BCUT2D eigenvalue weighted by Gasteiger charge is 2.03. The van der Waals surface area contributed by atoms with E-state index in [1.807, 2.05) is 43.3 Å². The van der Waals surface area contributed by atoms with Gasteiger partial charge in [-0.3, -0.25) is 4.98 Å². The number of nitrogens with one attached hydrogen (secondary N) is 2. The zero-order valence-corrected chi connectivity index (χ0v) is 12.2. The van der Waals surface area contributed by atoms with E-state index in [0.29, 0.717) is 18.3 Å². The SMILES string of the molecule is Cc1cc(NCCO)nc(Nc2ccc3ncccc3c2)n1. The number of aromatic nitrogens is 3. The van der Waals surface area contributed by atoms with Crippen LogP contribution < -0.4 is 10.6 Å². The summed E-state index contributed by atoms with van der Waals surface area (Å²) >= 11 is 0. The summed E-state index contributed by atoms with van der Waals surface area (Å²) in [5.41, 5.74) is 2.70. The van der Waals surface area contributed by atoms with Crippen molar-refractivity contribution in [1.29, 1.82) is 0 Å². The molecule has 0 atom stereocenters. The Morgan fingerprint density at radius 2 is 2.05 bits per heavy atom. The zero-order chi connectivity index (χ0) is 15.4. The lowest BCUT2D eigenvalue weighted by molar-refractivity contribution is 0.311. The molecule has 112 valence electrons. The summed E-state index contributed by atoms with van der Waals surface area (Å²) in [6.07, 6.45) is 1.78. The van der Waals surface area contributed by atoms with E-state index in [9.17, 15) is 0 Å².